The van der Waals surface area contributed by atoms with Gasteiger partial charge in [0.25, 0.3) is 0 Å². The Bertz CT molecular complexity index is 151. The minimum absolute atomic E-state index is 0.0333. The molecule has 0 bridgehead atoms. The van der Waals surface area contributed by atoms with Gasteiger partial charge >= 0.3 is 0 Å². The molecule has 0 radical (unpaired) electrons. The van der Waals surface area contributed by atoms with Crippen molar-refractivity contribution in [1.82, 2.24) is 0 Å². The summed E-state index contributed by atoms with van der Waals surface area (Å²) < 4.78 is 0. The molecule has 0 fully saturated rings. The molecule has 0 aromatic rings. The number of aliphatic hydroxyl groups excluding tert-OH is 1. The van der Waals surface area contributed by atoms with Crippen LogP contribution in [0.5, 0.6) is 0 Å². The first-order valence-corrected chi connectivity index (χ1v) is 6.78. The fourth-order valence-corrected chi connectivity index (χ4v) is 1.90. The second-order valence-corrected chi connectivity index (χ2v) is 4.54. The Morgan fingerprint density at radius 3 is 2.00 bits per heavy atom. The molecule has 0 rings (SSSR count). The fraction of sp³-hybridized carbons (Fsp3) is 1.00. The van der Waals surface area contributed by atoms with Crippen LogP contribution in [0, 0.1) is 4.91 Å². The third kappa shape index (κ3) is 10.1. The van der Waals surface area contributed by atoms with E-state index in [-0.39, 0.29) is 12.6 Å². The molecule has 3 heteroatoms. The molecule has 1 atom stereocenters. The van der Waals surface area contributed by atoms with E-state index in [1.165, 1.54) is 19.3 Å². The van der Waals surface area contributed by atoms with Gasteiger partial charge in [0, 0.05) is 6.61 Å². The minimum atomic E-state index is 0.0333. The summed E-state index contributed by atoms with van der Waals surface area (Å²) >= 11 is 0. The Balaban J connectivity index is 3.33. The van der Waals surface area contributed by atoms with E-state index in [4.69, 9.17) is 5.11 Å². The highest BCUT2D eigenvalue weighted by Gasteiger charge is 2.07. The van der Waals surface area contributed by atoms with Crippen LogP contribution in [0.15, 0.2) is 5.18 Å². The van der Waals surface area contributed by atoms with Crippen molar-refractivity contribution in [2.24, 2.45) is 5.18 Å². The average molecular weight is 229 g/mol. The van der Waals surface area contributed by atoms with Gasteiger partial charge in [-0.1, -0.05) is 57.0 Å². The van der Waals surface area contributed by atoms with E-state index in [0.717, 1.165) is 44.9 Å². The highest BCUT2D eigenvalue weighted by atomic mass is 16.3. The molecule has 3 nitrogen and oxygen atoms in total. The summed E-state index contributed by atoms with van der Waals surface area (Å²) in [6, 6.07) is 0.0333. The quantitative estimate of drug-likeness (QED) is 0.405. The molecule has 0 aliphatic carbocycles. The lowest BCUT2D eigenvalue weighted by atomic mass is 10.0. The van der Waals surface area contributed by atoms with Gasteiger partial charge in [0.05, 0.1) is 6.04 Å². The number of nitroso groups, excluding NO2 is 1. The SMILES string of the molecule is CCCCCCC(CCCCCCO)N=O. The summed E-state index contributed by atoms with van der Waals surface area (Å²) in [5.41, 5.74) is 0. The maximum atomic E-state index is 10.6. The summed E-state index contributed by atoms with van der Waals surface area (Å²) in [7, 11) is 0. The predicted octanol–water partition coefficient (Wildman–Crippen LogP) is 4.03. The average Bonchev–Trinajstić information content (AvgIpc) is 2.31. The summed E-state index contributed by atoms with van der Waals surface area (Å²) in [4.78, 5) is 10.6. The van der Waals surface area contributed by atoms with Crippen LogP contribution in [-0.2, 0) is 0 Å². The van der Waals surface area contributed by atoms with Crippen LogP contribution in [0.1, 0.15) is 71.1 Å². The van der Waals surface area contributed by atoms with Gasteiger partial charge in [-0.25, -0.2) is 0 Å². The molecule has 0 amide bonds. The van der Waals surface area contributed by atoms with Crippen molar-refractivity contribution in [3.63, 3.8) is 0 Å². The summed E-state index contributed by atoms with van der Waals surface area (Å²) in [6.07, 6.45) is 10.9. The van der Waals surface area contributed by atoms with E-state index >= 15 is 0 Å². The summed E-state index contributed by atoms with van der Waals surface area (Å²) in [5, 5.41) is 11.8. The molecule has 1 N–H and O–H groups in total. The smallest absolute Gasteiger partial charge is 0.0919 e. The molecular weight excluding hydrogens is 202 g/mol. The topological polar surface area (TPSA) is 49.7 Å². The van der Waals surface area contributed by atoms with Gasteiger partial charge in [-0.3, -0.25) is 0 Å². The normalized spacial score (nSPS) is 12.6. The van der Waals surface area contributed by atoms with Gasteiger partial charge in [-0.05, 0) is 19.3 Å². The molecule has 0 heterocycles. The Morgan fingerprint density at radius 1 is 0.938 bits per heavy atom. The number of hydrogen-bond acceptors (Lipinski definition) is 3. The Morgan fingerprint density at radius 2 is 1.50 bits per heavy atom. The van der Waals surface area contributed by atoms with Crippen molar-refractivity contribution in [3.8, 4) is 0 Å². The first kappa shape index (κ1) is 15.6. The lowest BCUT2D eigenvalue weighted by Gasteiger charge is -2.08. The first-order valence-electron chi connectivity index (χ1n) is 6.78. The van der Waals surface area contributed by atoms with Crippen molar-refractivity contribution in [2.75, 3.05) is 6.61 Å². The monoisotopic (exact) mass is 229 g/mol. The lowest BCUT2D eigenvalue weighted by Crippen LogP contribution is -2.03. The number of rotatable bonds is 12. The maximum absolute atomic E-state index is 10.6. The minimum Gasteiger partial charge on any atom is -0.396 e. The Kier molecular flexibility index (Phi) is 12.3. The van der Waals surface area contributed by atoms with E-state index < -0.39 is 0 Å². The van der Waals surface area contributed by atoms with Crippen LogP contribution in [0.3, 0.4) is 0 Å². The molecule has 0 saturated carbocycles. The molecule has 0 aromatic heterocycles. The van der Waals surface area contributed by atoms with Crippen LogP contribution in [0.2, 0.25) is 0 Å². The van der Waals surface area contributed by atoms with E-state index in [1.807, 2.05) is 0 Å². The molecule has 0 saturated heterocycles. The third-order valence-corrected chi connectivity index (χ3v) is 2.99. The van der Waals surface area contributed by atoms with Gasteiger partial charge < -0.3 is 5.11 Å². The Hall–Kier alpha value is -0.440. The zero-order valence-electron chi connectivity index (χ0n) is 10.7. The van der Waals surface area contributed by atoms with Gasteiger partial charge in [-0.2, -0.15) is 4.91 Å². The fourth-order valence-electron chi connectivity index (χ4n) is 1.90. The second kappa shape index (κ2) is 12.6. The Labute approximate surface area is 99.6 Å². The number of nitrogens with zero attached hydrogens (tertiary/aromatic N) is 1. The number of hydrogen-bond donors (Lipinski definition) is 1. The van der Waals surface area contributed by atoms with Gasteiger partial charge in [0.1, 0.15) is 0 Å². The van der Waals surface area contributed by atoms with Crippen molar-refractivity contribution in [1.29, 1.82) is 0 Å². The third-order valence-electron chi connectivity index (χ3n) is 2.99. The van der Waals surface area contributed by atoms with Crippen LogP contribution >= 0.6 is 0 Å². The maximum Gasteiger partial charge on any atom is 0.0919 e. The molecule has 0 aliphatic rings. The van der Waals surface area contributed by atoms with Crippen molar-refractivity contribution in [2.45, 2.75) is 77.2 Å². The summed E-state index contributed by atoms with van der Waals surface area (Å²) in [5.74, 6) is 0. The van der Waals surface area contributed by atoms with Gasteiger partial charge in [-0.15, -0.1) is 0 Å². The van der Waals surface area contributed by atoms with Crippen LogP contribution in [0.4, 0.5) is 0 Å². The van der Waals surface area contributed by atoms with Crippen molar-refractivity contribution >= 4 is 0 Å². The lowest BCUT2D eigenvalue weighted by molar-refractivity contribution is 0.282. The van der Waals surface area contributed by atoms with Crippen molar-refractivity contribution in [3.05, 3.63) is 4.91 Å². The second-order valence-electron chi connectivity index (χ2n) is 4.54. The van der Waals surface area contributed by atoms with Gasteiger partial charge in [0.2, 0.25) is 0 Å². The molecule has 0 aromatic carbocycles. The standard InChI is InChI=1S/C13H27NO2/c1-2-3-4-7-10-13(14-16)11-8-5-6-9-12-15/h13,15H,2-12H2,1H3. The van der Waals surface area contributed by atoms with Crippen LogP contribution in [0.25, 0.3) is 0 Å². The van der Waals surface area contributed by atoms with Crippen LogP contribution in [-0.4, -0.2) is 17.8 Å². The highest BCUT2D eigenvalue weighted by molar-refractivity contribution is 4.65. The van der Waals surface area contributed by atoms with Crippen molar-refractivity contribution < 1.29 is 5.11 Å². The van der Waals surface area contributed by atoms with E-state index in [0.29, 0.717) is 0 Å². The summed E-state index contributed by atoms with van der Waals surface area (Å²) in [6.45, 7) is 2.48. The molecule has 96 valence electrons. The van der Waals surface area contributed by atoms with E-state index in [1.54, 1.807) is 0 Å². The highest BCUT2D eigenvalue weighted by Crippen LogP contribution is 2.14. The predicted molar refractivity (Wildman–Crippen MR) is 68.5 cm³/mol. The van der Waals surface area contributed by atoms with E-state index in [9.17, 15) is 4.91 Å². The zero-order valence-corrected chi connectivity index (χ0v) is 10.7. The first-order chi connectivity index (χ1) is 7.85. The molecular formula is C13H27NO2. The van der Waals surface area contributed by atoms with Crippen LogP contribution < -0.4 is 0 Å². The van der Waals surface area contributed by atoms with Gasteiger partial charge in [0.15, 0.2) is 0 Å². The molecule has 1 unspecified atom stereocenters. The zero-order chi connectivity index (χ0) is 12.1. The molecule has 0 spiro atoms. The molecule has 0 aliphatic heterocycles. The number of unbranched alkanes of at least 4 members (excludes halogenated alkanes) is 6. The van der Waals surface area contributed by atoms with E-state index in [2.05, 4.69) is 12.1 Å². The largest absolute Gasteiger partial charge is 0.396 e. The number of aliphatic hydroxyl groups is 1. The molecule has 16 heavy (non-hydrogen) atoms.